The van der Waals surface area contributed by atoms with Crippen molar-refractivity contribution in [3.63, 3.8) is 0 Å². The third-order valence-electron chi connectivity index (χ3n) is 2.17. The Bertz CT molecular complexity index is 510. The van der Waals surface area contributed by atoms with Crippen LogP contribution in [0.1, 0.15) is 5.56 Å². The monoisotopic (exact) mass is 193 g/mol. The molecule has 0 unspecified atom stereocenters. The molecule has 4 heteroatoms. The molecule has 0 atom stereocenters. The predicted molar refractivity (Wildman–Crippen MR) is 52.2 cm³/mol. The average molecular weight is 193 g/mol. The highest BCUT2D eigenvalue weighted by atomic mass is 16.5. The molecule has 14 heavy (non-hydrogen) atoms. The molecular formula is C10H11NO3. The summed E-state index contributed by atoms with van der Waals surface area (Å²) in [4.78, 5) is 11.2. The number of hydrogen-bond acceptors (Lipinski definition) is 3. The van der Waals surface area contributed by atoms with Gasteiger partial charge in [-0.05, 0) is 17.7 Å². The van der Waals surface area contributed by atoms with Gasteiger partial charge in [0.05, 0.1) is 12.1 Å². The Labute approximate surface area is 80.7 Å². The number of aromatic nitrogens is 1. The van der Waals surface area contributed by atoms with E-state index in [4.69, 9.17) is 9.15 Å². The molecule has 1 aromatic heterocycles. The van der Waals surface area contributed by atoms with Crippen LogP contribution >= 0.6 is 0 Å². The summed E-state index contributed by atoms with van der Waals surface area (Å²) in [6.45, 7) is 0.522. The van der Waals surface area contributed by atoms with Gasteiger partial charge < -0.3 is 9.15 Å². The number of aryl methyl sites for hydroxylation is 1. The summed E-state index contributed by atoms with van der Waals surface area (Å²) >= 11 is 0. The first-order chi connectivity index (χ1) is 6.72. The number of methoxy groups -OCH3 is 1. The smallest absolute Gasteiger partial charge is 0.408 e. The summed E-state index contributed by atoms with van der Waals surface area (Å²) in [6.07, 6.45) is 0. The topological polar surface area (TPSA) is 44.4 Å². The maximum Gasteiger partial charge on any atom is 0.419 e. The Hall–Kier alpha value is -1.55. The number of oxazole rings is 1. The molecule has 0 saturated heterocycles. The van der Waals surface area contributed by atoms with Gasteiger partial charge in [0.2, 0.25) is 0 Å². The van der Waals surface area contributed by atoms with E-state index in [1.165, 1.54) is 4.57 Å². The molecule has 0 aliphatic carbocycles. The molecule has 74 valence electrons. The van der Waals surface area contributed by atoms with Gasteiger partial charge in [0.25, 0.3) is 0 Å². The summed E-state index contributed by atoms with van der Waals surface area (Å²) in [6, 6.07) is 5.59. The third-order valence-corrected chi connectivity index (χ3v) is 2.17. The van der Waals surface area contributed by atoms with Gasteiger partial charge in [-0.2, -0.15) is 0 Å². The third kappa shape index (κ3) is 1.33. The van der Waals surface area contributed by atoms with E-state index in [0.717, 1.165) is 11.1 Å². The van der Waals surface area contributed by atoms with Crippen LogP contribution < -0.4 is 5.76 Å². The van der Waals surface area contributed by atoms with Crippen LogP contribution in [-0.2, 0) is 18.4 Å². The SMILES string of the molecule is COCc1ccc2c(c1)oc(=O)n2C. The zero-order valence-electron chi connectivity index (χ0n) is 8.11. The van der Waals surface area contributed by atoms with Crippen LogP contribution in [0.4, 0.5) is 0 Å². The predicted octanol–water partition coefficient (Wildman–Crippen LogP) is 1.28. The van der Waals surface area contributed by atoms with Gasteiger partial charge in [-0.25, -0.2) is 4.79 Å². The molecule has 2 aromatic rings. The van der Waals surface area contributed by atoms with Crippen LogP contribution in [0.5, 0.6) is 0 Å². The number of fused-ring (bicyclic) bond motifs is 1. The molecule has 0 spiro atoms. The Morgan fingerprint density at radius 2 is 2.29 bits per heavy atom. The van der Waals surface area contributed by atoms with E-state index in [-0.39, 0.29) is 5.76 Å². The maximum absolute atomic E-state index is 11.2. The minimum atomic E-state index is -0.338. The fourth-order valence-electron chi connectivity index (χ4n) is 1.43. The quantitative estimate of drug-likeness (QED) is 0.721. The minimum absolute atomic E-state index is 0.338. The van der Waals surface area contributed by atoms with Crippen molar-refractivity contribution in [2.24, 2.45) is 7.05 Å². The van der Waals surface area contributed by atoms with Gasteiger partial charge in [0, 0.05) is 14.2 Å². The van der Waals surface area contributed by atoms with Crippen LogP contribution in [0, 0.1) is 0 Å². The van der Waals surface area contributed by atoms with Crippen molar-refractivity contribution in [1.82, 2.24) is 4.57 Å². The highest BCUT2D eigenvalue weighted by molar-refractivity contribution is 5.73. The lowest BCUT2D eigenvalue weighted by Crippen LogP contribution is -2.08. The van der Waals surface area contributed by atoms with Gasteiger partial charge in [-0.1, -0.05) is 6.07 Å². The van der Waals surface area contributed by atoms with Gasteiger partial charge in [-0.15, -0.1) is 0 Å². The summed E-state index contributed by atoms with van der Waals surface area (Å²) < 4.78 is 11.5. The molecule has 0 radical (unpaired) electrons. The number of hydrogen-bond donors (Lipinski definition) is 0. The normalized spacial score (nSPS) is 11.0. The van der Waals surface area contributed by atoms with Gasteiger partial charge in [0.1, 0.15) is 0 Å². The largest absolute Gasteiger partial charge is 0.419 e. The van der Waals surface area contributed by atoms with Crippen molar-refractivity contribution in [3.8, 4) is 0 Å². The molecule has 0 aliphatic heterocycles. The summed E-state index contributed by atoms with van der Waals surface area (Å²) in [5, 5.41) is 0. The minimum Gasteiger partial charge on any atom is -0.408 e. The molecule has 1 heterocycles. The molecule has 0 amide bonds. The number of rotatable bonds is 2. The standard InChI is InChI=1S/C10H11NO3/c1-11-8-4-3-7(6-13-2)5-9(8)14-10(11)12/h3-5H,6H2,1-2H3. The first kappa shape index (κ1) is 9.02. The Balaban J connectivity index is 2.61. The molecule has 1 aromatic carbocycles. The second kappa shape index (κ2) is 3.31. The fraction of sp³-hybridized carbons (Fsp3) is 0.300. The van der Waals surface area contributed by atoms with E-state index < -0.39 is 0 Å². The van der Waals surface area contributed by atoms with Crippen molar-refractivity contribution >= 4 is 11.1 Å². The molecule has 0 bridgehead atoms. The van der Waals surface area contributed by atoms with E-state index in [0.29, 0.717) is 12.2 Å². The first-order valence-corrected chi connectivity index (χ1v) is 4.30. The Kier molecular flexibility index (Phi) is 2.13. The fourth-order valence-corrected chi connectivity index (χ4v) is 1.43. The number of nitrogens with zero attached hydrogens (tertiary/aromatic N) is 1. The Morgan fingerprint density at radius 1 is 1.50 bits per heavy atom. The second-order valence-electron chi connectivity index (χ2n) is 3.16. The first-order valence-electron chi connectivity index (χ1n) is 4.30. The molecule has 2 rings (SSSR count). The highest BCUT2D eigenvalue weighted by Crippen LogP contribution is 2.14. The van der Waals surface area contributed by atoms with Crippen molar-refractivity contribution in [1.29, 1.82) is 0 Å². The van der Waals surface area contributed by atoms with Crippen molar-refractivity contribution in [2.45, 2.75) is 6.61 Å². The lowest BCUT2D eigenvalue weighted by atomic mass is 10.2. The van der Waals surface area contributed by atoms with Crippen LogP contribution in [0.15, 0.2) is 27.4 Å². The molecule has 4 nitrogen and oxygen atoms in total. The maximum atomic E-state index is 11.2. The summed E-state index contributed by atoms with van der Waals surface area (Å²) in [5.74, 6) is -0.338. The molecule has 0 N–H and O–H groups in total. The lowest BCUT2D eigenvalue weighted by Gasteiger charge is -1.98. The van der Waals surface area contributed by atoms with Crippen LogP contribution in [0.25, 0.3) is 11.1 Å². The molecule has 0 fully saturated rings. The molecule has 0 saturated carbocycles. The van der Waals surface area contributed by atoms with Crippen molar-refractivity contribution < 1.29 is 9.15 Å². The van der Waals surface area contributed by atoms with Crippen LogP contribution in [-0.4, -0.2) is 11.7 Å². The molecular weight excluding hydrogens is 182 g/mol. The van der Waals surface area contributed by atoms with Crippen molar-refractivity contribution in [2.75, 3.05) is 7.11 Å². The molecule has 0 aliphatic rings. The van der Waals surface area contributed by atoms with E-state index in [2.05, 4.69) is 0 Å². The Morgan fingerprint density at radius 3 is 3.00 bits per heavy atom. The van der Waals surface area contributed by atoms with Gasteiger partial charge in [0.15, 0.2) is 5.58 Å². The van der Waals surface area contributed by atoms with Crippen LogP contribution in [0.3, 0.4) is 0 Å². The van der Waals surface area contributed by atoms with Crippen molar-refractivity contribution in [3.05, 3.63) is 34.3 Å². The van der Waals surface area contributed by atoms with E-state index in [9.17, 15) is 4.79 Å². The number of ether oxygens (including phenoxy) is 1. The lowest BCUT2D eigenvalue weighted by molar-refractivity contribution is 0.185. The van der Waals surface area contributed by atoms with Gasteiger partial charge >= 0.3 is 5.76 Å². The zero-order valence-corrected chi connectivity index (χ0v) is 8.11. The average Bonchev–Trinajstić information content (AvgIpc) is 2.43. The van der Waals surface area contributed by atoms with Crippen LogP contribution in [0.2, 0.25) is 0 Å². The van der Waals surface area contributed by atoms with E-state index >= 15 is 0 Å². The van der Waals surface area contributed by atoms with Gasteiger partial charge in [-0.3, -0.25) is 4.57 Å². The number of benzene rings is 1. The highest BCUT2D eigenvalue weighted by Gasteiger charge is 2.05. The van der Waals surface area contributed by atoms with E-state index in [1.807, 2.05) is 18.2 Å². The second-order valence-corrected chi connectivity index (χ2v) is 3.16. The summed E-state index contributed by atoms with van der Waals surface area (Å²) in [5.41, 5.74) is 2.40. The van der Waals surface area contributed by atoms with E-state index in [1.54, 1.807) is 14.2 Å². The zero-order chi connectivity index (χ0) is 10.1. The summed E-state index contributed by atoms with van der Waals surface area (Å²) in [7, 11) is 3.32.